The minimum atomic E-state index is 0.0531. The van der Waals surface area contributed by atoms with Crippen LogP contribution in [0.25, 0.3) is 0 Å². The molecule has 0 aromatic heterocycles. The third-order valence-corrected chi connectivity index (χ3v) is 3.83. The van der Waals surface area contributed by atoms with Crippen LogP contribution < -0.4 is 5.73 Å². The molecular weight excluding hydrogens is 292 g/mol. The SMILES string of the molecule is CCC(C)N(CC)C(=O)c1cc(Br)cc(N)c1C. The lowest BCUT2D eigenvalue weighted by Crippen LogP contribution is -2.38. The summed E-state index contributed by atoms with van der Waals surface area (Å²) >= 11 is 3.39. The van der Waals surface area contributed by atoms with Crippen LogP contribution in [0.15, 0.2) is 16.6 Å². The maximum Gasteiger partial charge on any atom is 0.254 e. The first-order valence-electron chi connectivity index (χ1n) is 6.28. The van der Waals surface area contributed by atoms with Crippen LogP contribution in [0, 0.1) is 6.92 Å². The predicted octanol–water partition coefficient (Wildman–Crippen LogP) is 3.60. The van der Waals surface area contributed by atoms with E-state index in [-0.39, 0.29) is 11.9 Å². The summed E-state index contributed by atoms with van der Waals surface area (Å²) in [6.07, 6.45) is 0.947. The molecule has 1 aromatic rings. The van der Waals surface area contributed by atoms with E-state index >= 15 is 0 Å². The Balaban J connectivity index is 3.17. The van der Waals surface area contributed by atoms with Crippen molar-refractivity contribution in [1.82, 2.24) is 4.90 Å². The van der Waals surface area contributed by atoms with E-state index in [1.54, 1.807) is 0 Å². The van der Waals surface area contributed by atoms with Crippen molar-refractivity contribution in [2.24, 2.45) is 0 Å². The molecule has 4 heteroatoms. The first-order chi connectivity index (χ1) is 8.42. The van der Waals surface area contributed by atoms with Crippen LogP contribution in [0.5, 0.6) is 0 Å². The van der Waals surface area contributed by atoms with Crippen LogP contribution in [-0.4, -0.2) is 23.4 Å². The molecule has 1 aromatic carbocycles. The van der Waals surface area contributed by atoms with Gasteiger partial charge in [-0.3, -0.25) is 4.79 Å². The molecule has 1 rings (SSSR count). The van der Waals surface area contributed by atoms with E-state index in [2.05, 4.69) is 29.8 Å². The highest BCUT2D eigenvalue weighted by molar-refractivity contribution is 9.10. The number of carbonyl (C=O) groups excluding carboxylic acids is 1. The summed E-state index contributed by atoms with van der Waals surface area (Å²) in [6, 6.07) is 3.91. The van der Waals surface area contributed by atoms with Crippen molar-refractivity contribution < 1.29 is 4.79 Å². The van der Waals surface area contributed by atoms with Crippen molar-refractivity contribution in [2.75, 3.05) is 12.3 Å². The summed E-state index contributed by atoms with van der Waals surface area (Å²) in [4.78, 5) is 14.4. The van der Waals surface area contributed by atoms with Crippen molar-refractivity contribution in [2.45, 2.75) is 40.2 Å². The summed E-state index contributed by atoms with van der Waals surface area (Å²) in [7, 11) is 0. The monoisotopic (exact) mass is 312 g/mol. The van der Waals surface area contributed by atoms with Gasteiger partial charge in [-0.2, -0.15) is 0 Å². The Morgan fingerprint density at radius 1 is 1.44 bits per heavy atom. The number of benzene rings is 1. The maximum atomic E-state index is 12.6. The van der Waals surface area contributed by atoms with E-state index in [9.17, 15) is 4.79 Å². The third-order valence-electron chi connectivity index (χ3n) is 3.37. The summed E-state index contributed by atoms with van der Waals surface area (Å²) in [6.45, 7) is 8.75. The van der Waals surface area contributed by atoms with Crippen LogP contribution in [0.1, 0.15) is 43.1 Å². The Bertz CT molecular complexity index is 446. The zero-order valence-corrected chi connectivity index (χ0v) is 13.0. The zero-order valence-electron chi connectivity index (χ0n) is 11.5. The average Bonchev–Trinajstić information content (AvgIpc) is 2.34. The number of hydrogen-bond acceptors (Lipinski definition) is 2. The summed E-state index contributed by atoms with van der Waals surface area (Å²) in [5.74, 6) is 0.0531. The van der Waals surface area contributed by atoms with Gasteiger partial charge in [0.05, 0.1) is 0 Å². The van der Waals surface area contributed by atoms with Gasteiger partial charge in [-0.15, -0.1) is 0 Å². The molecule has 1 unspecified atom stereocenters. The minimum absolute atomic E-state index is 0.0531. The maximum absolute atomic E-state index is 12.6. The topological polar surface area (TPSA) is 46.3 Å². The number of nitrogen functional groups attached to an aromatic ring is 1. The van der Waals surface area contributed by atoms with Crippen molar-refractivity contribution in [3.8, 4) is 0 Å². The lowest BCUT2D eigenvalue weighted by molar-refractivity contribution is 0.0699. The largest absolute Gasteiger partial charge is 0.398 e. The molecule has 0 bridgehead atoms. The normalized spacial score (nSPS) is 12.3. The van der Waals surface area contributed by atoms with Crippen LogP contribution in [-0.2, 0) is 0 Å². The number of nitrogens with zero attached hydrogens (tertiary/aromatic N) is 1. The Labute approximate surface area is 117 Å². The van der Waals surface area contributed by atoms with Gasteiger partial charge in [0.25, 0.3) is 5.91 Å². The van der Waals surface area contributed by atoms with Gasteiger partial charge in [-0.25, -0.2) is 0 Å². The second-order valence-electron chi connectivity index (χ2n) is 4.52. The molecule has 0 saturated heterocycles. The standard InChI is InChI=1S/C14H21BrN2O/c1-5-9(3)17(6-2)14(18)12-7-11(15)8-13(16)10(12)4/h7-9H,5-6,16H2,1-4H3. The van der Waals surface area contributed by atoms with Crippen molar-refractivity contribution in [3.05, 3.63) is 27.7 Å². The highest BCUT2D eigenvalue weighted by Gasteiger charge is 2.21. The minimum Gasteiger partial charge on any atom is -0.398 e. The molecule has 2 N–H and O–H groups in total. The van der Waals surface area contributed by atoms with Gasteiger partial charge < -0.3 is 10.6 Å². The van der Waals surface area contributed by atoms with Gasteiger partial charge in [-0.1, -0.05) is 22.9 Å². The quantitative estimate of drug-likeness (QED) is 0.863. The number of carbonyl (C=O) groups is 1. The van der Waals surface area contributed by atoms with E-state index in [4.69, 9.17) is 5.73 Å². The first-order valence-corrected chi connectivity index (χ1v) is 7.08. The molecule has 0 fully saturated rings. The highest BCUT2D eigenvalue weighted by Crippen LogP contribution is 2.24. The second-order valence-corrected chi connectivity index (χ2v) is 5.43. The van der Waals surface area contributed by atoms with Gasteiger partial charge in [-0.05, 0) is 44.9 Å². The van der Waals surface area contributed by atoms with Crippen LogP contribution in [0.2, 0.25) is 0 Å². The molecule has 3 nitrogen and oxygen atoms in total. The van der Waals surface area contributed by atoms with Gasteiger partial charge in [0.15, 0.2) is 0 Å². The van der Waals surface area contributed by atoms with E-state index in [0.29, 0.717) is 17.8 Å². The Morgan fingerprint density at radius 3 is 2.56 bits per heavy atom. The van der Waals surface area contributed by atoms with E-state index in [1.807, 2.05) is 30.9 Å². The highest BCUT2D eigenvalue weighted by atomic mass is 79.9. The third kappa shape index (κ3) is 3.05. The zero-order chi connectivity index (χ0) is 13.9. The predicted molar refractivity (Wildman–Crippen MR) is 79.8 cm³/mol. The molecule has 0 radical (unpaired) electrons. The molecule has 1 amide bonds. The molecule has 18 heavy (non-hydrogen) atoms. The Hall–Kier alpha value is -1.03. The second kappa shape index (κ2) is 6.23. The molecule has 0 heterocycles. The van der Waals surface area contributed by atoms with Gasteiger partial charge in [0, 0.05) is 28.3 Å². The molecule has 1 atom stereocenters. The molecular formula is C14H21BrN2O. The van der Waals surface area contributed by atoms with Crippen LogP contribution in [0.3, 0.4) is 0 Å². The molecule has 0 spiro atoms. The number of amides is 1. The molecule has 100 valence electrons. The number of halogens is 1. The fourth-order valence-corrected chi connectivity index (χ4v) is 2.43. The smallest absolute Gasteiger partial charge is 0.254 e. The van der Waals surface area contributed by atoms with Crippen LogP contribution in [0.4, 0.5) is 5.69 Å². The van der Waals surface area contributed by atoms with Crippen LogP contribution >= 0.6 is 15.9 Å². The molecule has 0 aliphatic carbocycles. The summed E-state index contributed by atoms with van der Waals surface area (Å²) in [5.41, 5.74) is 8.09. The molecule has 0 saturated carbocycles. The summed E-state index contributed by atoms with van der Waals surface area (Å²) < 4.78 is 0.842. The number of rotatable bonds is 4. The van der Waals surface area contributed by atoms with Crippen molar-refractivity contribution in [3.63, 3.8) is 0 Å². The lowest BCUT2D eigenvalue weighted by Gasteiger charge is -2.28. The van der Waals surface area contributed by atoms with E-state index in [0.717, 1.165) is 16.5 Å². The number of hydrogen-bond donors (Lipinski definition) is 1. The summed E-state index contributed by atoms with van der Waals surface area (Å²) in [5, 5.41) is 0. The number of anilines is 1. The lowest BCUT2D eigenvalue weighted by atomic mass is 10.0. The van der Waals surface area contributed by atoms with E-state index < -0.39 is 0 Å². The number of nitrogens with two attached hydrogens (primary N) is 1. The molecule has 0 aliphatic heterocycles. The fourth-order valence-electron chi connectivity index (χ4n) is 1.95. The van der Waals surface area contributed by atoms with E-state index in [1.165, 1.54) is 0 Å². The fraction of sp³-hybridized carbons (Fsp3) is 0.500. The van der Waals surface area contributed by atoms with Gasteiger partial charge in [0.1, 0.15) is 0 Å². The molecule has 0 aliphatic rings. The van der Waals surface area contributed by atoms with Crippen molar-refractivity contribution >= 4 is 27.5 Å². The Morgan fingerprint density at radius 2 is 2.06 bits per heavy atom. The van der Waals surface area contributed by atoms with Gasteiger partial charge >= 0.3 is 0 Å². The Kier molecular flexibility index (Phi) is 5.20. The van der Waals surface area contributed by atoms with Gasteiger partial charge in [0.2, 0.25) is 0 Å². The van der Waals surface area contributed by atoms with Crippen molar-refractivity contribution in [1.29, 1.82) is 0 Å². The average molecular weight is 313 g/mol. The first kappa shape index (κ1) is 15.0.